The Morgan fingerprint density at radius 2 is 1.29 bits per heavy atom. The summed E-state index contributed by atoms with van der Waals surface area (Å²) in [5.41, 5.74) is -1.79. The van der Waals surface area contributed by atoms with Crippen LogP contribution in [0.3, 0.4) is 0 Å². The number of hydrogen-bond acceptors (Lipinski definition) is 9. The highest BCUT2D eigenvalue weighted by molar-refractivity contribution is 6.00. The van der Waals surface area contributed by atoms with Crippen LogP contribution in [0.1, 0.15) is 50.1 Å². The molecule has 18 heteroatoms. The van der Waals surface area contributed by atoms with Crippen LogP contribution in [0.5, 0.6) is 28.7 Å². The summed E-state index contributed by atoms with van der Waals surface area (Å²) in [6, 6.07) is 11.2. The number of nitrogens with one attached hydrogen (secondary N) is 3. The van der Waals surface area contributed by atoms with Gasteiger partial charge in [0.2, 0.25) is 12.5 Å². The van der Waals surface area contributed by atoms with E-state index in [0.717, 1.165) is 0 Å². The molecule has 4 atom stereocenters. The molecule has 7 rings (SSSR count). The summed E-state index contributed by atoms with van der Waals surface area (Å²) in [4.78, 5) is 39.9. The Balaban J connectivity index is 1.15. The first-order valence-corrected chi connectivity index (χ1v) is 16.8. The number of esters is 1. The molecule has 4 aromatic carbocycles. The Labute approximate surface area is 314 Å². The standard InChI is InChI=1S/C38H31F6N3O9/c1-51-28-8-18(9-29(52-2)33(28)53-3)30-23-13-26-27(56-16-55-26)14-24(23)32(25-15-54-35(49)31(25)30)47-34(48)17-4-6-21(7-5-17)45-36(50)46-22-11-19(37(39,40)41)10-20(12-22)38(42,43)44/h4-14,25,30-32H,15-16H2,1-3H3,(H,47,48)(H2,45,46,50)/t25-,30+,31-,32+/m0/s1. The molecule has 0 spiro atoms. The van der Waals surface area contributed by atoms with Crippen molar-refractivity contribution in [3.05, 3.63) is 100 Å². The number of halogens is 6. The molecule has 0 aromatic heterocycles. The van der Waals surface area contributed by atoms with Crippen LogP contribution in [0.15, 0.2) is 66.7 Å². The number of carbonyl (C=O) groups is 3. The lowest BCUT2D eigenvalue weighted by Crippen LogP contribution is -2.42. The quantitative estimate of drug-likeness (QED) is 0.122. The summed E-state index contributed by atoms with van der Waals surface area (Å²) in [6.45, 7) is -0.0521. The average Bonchev–Trinajstić information content (AvgIpc) is 3.78. The zero-order chi connectivity index (χ0) is 40.1. The smallest absolute Gasteiger partial charge is 0.416 e. The minimum atomic E-state index is -5.10. The summed E-state index contributed by atoms with van der Waals surface area (Å²) in [5.74, 6) is -1.02. The Kier molecular flexibility index (Phi) is 9.76. The number of anilines is 2. The van der Waals surface area contributed by atoms with E-state index in [1.807, 2.05) is 5.32 Å². The number of rotatable bonds is 8. The highest BCUT2D eigenvalue weighted by Crippen LogP contribution is 2.55. The second-order valence-electron chi connectivity index (χ2n) is 13.0. The third-order valence-corrected chi connectivity index (χ3v) is 9.77. The van der Waals surface area contributed by atoms with Crippen LogP contribution in [0.25, 0.3) is 0 Å². The van der Waals surface area contributed by atoms with Gasteiger partial charge in [-0.3, -0.25) is 9.59 Å². The maximum absolute atomic E-state index is 13.8. The van der Waals surface area contributed by atoms with E-state index < -0.39 is 70.9 Å². The van der Waals surface area contributed by atoms with Crippen LogP contribution >= 0.6 is 0 Å². The minimum absolute atomic E-state index is 0.0163. The largest absolute Gasteiger partial charge is 0.493 e. The van der Waals surface area contributed by atoms with Crippen molar-refractivity contribution in [2.24, 2.45) is 11.8 Å². The van der Waals surface area contributed by atoms with Gasteiger partial charge in [-0.1, -0.05) is 0 Å². The summed E-state index contributed by atoms with van der Waals surface area (Å²) in [6.07, 6.45) is -10.2. The number of fused-ring (bicyclic) bond motifs is 3. The van der Waals surface area contributed by atoms with E-state index in [4.69, 9.17) is 28.4 Å². The maximum Gasteiger partial charge on any atom is 0.416 e. The average molecular weight is 788 g/mol. The summed E-state index contributed by atoms with van der Waals surface area (Å²) in [5, 5.41) is 7.32. The number of carbonyl (C=O) groups excluding carboxylic acids is 3. The zero-order valence-electron chi connectivity index (χ0n) is 29.5. The first-order chi connectivity index (χ1) is 26.6. The van der Waals surface area contributed by atoms with Crippen molar-refractivity contribution in [2.75, 3.05) is 45.4 Å². The molecule has 3 aliphatic rings. The summed E-state index contributed by atoms with van der Waals surface area (Å²) >= 11 is 0. The van der Waals surface area contributed by atoms with Crippen molar-refractivity contribution >= 4 is 29.3 Å². The SMILES string of the molecule is COc1cc([C@@H]2c3cc4c(cc3[C@@H](NC(=O)c3ccc(NC(=O)Nc5cc(C(F)(F)F)cc(C(F)(F)F)c5)cc3)[C@H]3COC(=O)[C@H]23)OCO4)cc(OC)c1OC. The van der Waals surface area contributed by atoms with Crippen molar-refractivity contribution in [3.8, 4) is 28.7 Å². The topological polar surface area (TPSA) is 143 Å². The number of ether oxygens (including phenoxy) is 6. The molecule has 0 unspecified atom stereocenters. The Bertz CT molecular complexity index is 2150. The molecule has 0 saturated carbocycles. The van der Waals surface area contributed by atoms with E-state index >= 15 is 0 Å². The Hall–Kier alpha value is -6.33. The molecule has 3 N–H and O–H groups in total. The van der Waals surface area contributed by atoms with Gasteiger partial charge >= 0.3 is 24.4 Å². The number of alkyl halides is 6. The van der Waals surface area contributed by atoms with Gasteiger partial charge in [-0.05, 0) is 83.4 Å². The maximum atomic E-state index is 13.8. The summed E-state index contributed by atoms with van der Waals surface area (Å²) < 4.78 is 113. The molecular weight excluding hydrogens is 756 g/mol. The molecule has 294 valence electrons. The monoisotopic (exact) mass is 787 g/mol. The molecule has 2 aliphatic heterocycles. The number of cyclic esters (lactones) is 1. The fourth-order valence-electron chi connectivity index (χ4n) is 7.28. The predicted octanol–water partition coefficient (Wildman–Crippen LogP) is 7.53. The first-order valence-electron chi connectivity index (χ1n) is 16.8. The Morgan fingerprint density at radius 3 is 1.84 bits per heavy atom. The Morgan fingerprint density at radius 1 is 0.714 bits per heavy atom. The minimum Gasteiger partial charge on any atom is -0.493 e. The molecule has 1 aliphatic carbocycles. The highest BCUT2D eigenvalue weighted by Gasteiger charge is 2.53. The lowest BCUT2D eigenvalue weighted by atomic mass is 9.65. The molecule has 1 saturated heterocycles. The van der Waals surface area contributed by atoms with Crippen molar-refractivity contribution in [3.63, 3.8) is 0 Å². The predicted molar refractivity (Wildman–Crippen MR) is 184 cm³/mol. The van der Waals surface area contributed by atoms with E-state index in [0.29, 0.717) is 57.6 Å². The number of benzene rings is 4. The van der Waals surface area contributed by atoms with Crippen molar-refractivity contribution in [1.29, 1.82) is 0 Å². The lowest BCUT2D eigenvalue weighted by Gasteiger charge is -2.39. The van der Waals surface area contributed by atoms with Gasteiger partial charge in [-0.25, -0.2) is 4.79 Å². The molecule has 56 heavy (non-hydrogen) atoms. The third-order valence-electron chi connectivity index (χ3n) is 9.77. The van der Waals surface area contributed by atoms with Crippen LogP contribution in [-0.4, -0.2) is 52.6 Å². The van der Waals surface area contributed by atoms with E-state index in [9.17, 15) is 40.7 Å². The van der Waals surface area contributed by atoms with E-state index in [1.54, 1.807) is 24.3 Å². The molecular formula is C38H31F6N3O9. The highest BCUT2D eigenvalue weighted by atomic mass is 19.4. The fourth-order valence-corrected chi connectivity index (χ4v) is 7.28. The zero-order valence-corrected chi connectivity index (χ0v) is 29.5. The second-order valence-corrected chi connectivity index (χ2v) is 13.0. The van der Waals surface area contributed by atoms with Crippen molar-refractivity contribution in [1.82, 2.24) is 5.32 Å². The van der Waals surface area contributed by atoms with Gasteiger partial charge in [0.25, 0.3) is 5.91 Å². The molecule has 4 aromatic rings. The van der Waals surface area contributed by atoms with Crippen LogP contribution < -0.4 is 39.6 Å². The molecule has 3 amide bonds. The normalized spacial score (nSPS) is 19.6. The fraction of sp³-hybridized carbons (Fsp3) is 0.289. The molecule has 2 heterocycles. The van der Waals surface area contributed by atoms with Gasteiger partial charge in [0.1, 0.15) is 0 Å². The number of urea groups is 1. The third kappa shape index (κ3) is 7.13. The lowest BCUT2D eigenvalue weighted by molar-refractivity contribution is -0.143. The summed E-state index contributed by atoms with van der Waals surface area (Å²) in [7, 11) is 4.42. The van der Waals surface area contributed by atoms with E-state index in [2.05, 4.69) is 10.6 Å². The van der Waals surface area contributed by atoms with Crippen LogP contribution in [0.2, 0.25) is 0 Å². The first kappa shape index (κ1) is 38.0. The molecule has 1 fully saturated rings. The van der Waals surface area contributed by atoms with Gasteiger partial charge in [0.15, 0.2) is 23.0 Å². The van der Waals surface area contributed by atoms with Crippen LogP contribution in [0.4, 0.5) is 42.5 Å². The number of methoxy groups -OCH3 is 3. The van der Waals surface area contributed by atoms with Gasteiger partial charge in [-0.2, -0.15) is 26.3 Å². The van der Waals surface area contributed by atoms with Gasteiger partial charge < -0.3 is 44.4 Å². The van der Waals surface area contributed by atoms with Crippen molar-refractivity contribution in [2.45, 2.75) is 24.3 Å². The molecule has 0 radical (unpaired) electrons. The van der Waals surface area contributed by atoms with Crippen molar-refractivity contribution < 1.29 is 69.1 Å². The van der Waals surface area contributed by atoms with Gasteiger partial charge in [0, 0.05) is 28.8 Å². The van der Waals surface area contributed by atoms with Crippen LogP contribution in [0, 0.1) is 11.8 Å². The van der Waals surface area contributed by atoms with E-state index in [-0.39, 0.29) is 30.7 Å². The van der Waals surface area contributed by atoms with E-state index in [1.165, 1.54) is 45.6 Å². The van der Waals surface area contributed by atoms with Crippen LogP contribution in [-0.2, 0) is 21.9 Å². The van der Waals surface area contributed by atoms with Gasteiger partial charge in [0.05, 0.1) is 51.0 Å². The second kappa shape index (κ2) is 14.4. The number of amides is 3. The number of hydrogen-bond donors (Lipinski definition) is 3. The molecule has 0 bridgehead atoms. The molecule has 12 nitrogen and oxygen atoms in total. The van der Waals surface area contributed by atoms with Gasteiger partial charge in [-0.15, -0.1) is 0 Å².